The predicted molar refractivity (Wildman–Crippen MR) is 97.8 cm³/mol. The molecule has 1 aliphatic rings. The van der Waals surface area contributed by atoms with Crippen LogP contribution in [0.4, 0.5) is 5.82 Å². The smallest absolute Gasteiger partial charge is 0.255 e. The summed E-state index contributed by atoms with van der Waals surface area (Å²) in [5.74, 6) is 4.03. The number of rotatable bonds is 4. The molecule has 0 spiro atoms. The second-order valence-corrected chi connectivity index (χ2v) is 6.34. The minimum atomic E-state index is 0.268. The van der Waals surface area contributed by atoms with E-state index < -0.39 is 0 Å². The zero-order valence-corrected chi connectivity index (χ0v) is 14.9. The fourth-order valence-corrected chi connectivity index (χ4v) is 3.04. The molecule has 3 aromatic heterocycles. The van der Waals surface area contributed by atoms with E-state index in [-0.39, 0.29) is 6.79 Å². The molecule has 1 aromatic carbocycles. The summed E-state index contributed by atoms with van der Waals surface area (Å²) < 4.78 is 17.9. The van der Waals surface area contributed by atoms with Crippen LogP contribution in [0.3, 0.4) is 0 Å². The topological polar surface area (TPSA) is 86.7 Å². The lowest BCUT2D eigenvalue weighted by atomic mass is 10.2. The Morgan fingerprint density at radius 2 is 2.00 bits per heavy atom. The van der Waals surface area contributed by atoms with Gasteiger partial charge in [-0.05, 0) is 43.7 Å². The van der Waals surface area contributed by atoms with Gasteiger partial charge in [0, 0.05) is 17.8 Å². The summed E-state index contributed by atoms with van der Waals surface area (Å²) in [4.78, 5) is 9.03. The van der Waals surface area contributed by atoms with Crippen LogP contribution in [0.25, 0.3) is 17.4 Å². The Kier molecular flexibility index (Phi) is 3.49. The second-order valence-electron chi connectivity index (χ2n) is 6.34. The zero-order valence-electron chi connectivity index (χ0n) is 14.9. The van der Waals surface area contributed by atoms with Gasteiger partial charge in [0.15, 0.2) is 17.3 Å². The number of anilines is 1. The molecule has 4 heterocycles. The highest BCUT2D eigenvalue weighted by atomic mass is 16.7. The van der Waals surface area contributed by atoms with E-state index in [9.17, 15) is 0 Å². The summed E-state index contributed by atoms with van der Waals surface area (Å²) in [6.07, 6.45) is 1.60. The van der Waals surface area contributed by atoms with E-state index in [0.717, 1.165) is 34.1 Å². The van der Waals surface area contributed by atoms with Crippen LogP contribution in [0.5, 0.6) is 11.5 Å². The predicted octanol–water partition coefficient (Wildman–Crippen LogP) is 3.34. The number of aryl methyl sites for hydroxylation is 1. The lowest BCUT2D eigenvalue weighted by Gasteiger charge is -2.12. The Morgan fingerprint density at radius 1 is 1.11 bits per heavy atom. The minimum Gasteiger partial charge on any atom is -0.461 e. The first-order chi connectivity index (χ1) is 13.2. The van der Waals surface area contributed by atoms with E-state index in [1.165, 1.54) is 0 Å². The molecule has 136 valence electrons. The molecule has 0 atom stereocenters. The molecule has 1 N–H and O–H groups in total. The van der Waals surface area contributed by atoms with Crippen molar-refractivity contribution in [2.75, 3.05) is 12.1 Å². The standard InChI is InChI=1S/C19H17N5O3/c1-11-12(2)21-19-22-17(15-4-3-7-25-15)23-24(19)18(11)20-9-13-5-6-14-16(8-13)27-10-26-14/h3-8,20H,9-10H2,1-2H3. The van der Waals surface area contributed by atoms with E-state index in [1.54, 1.807) is 10.8 Å². The molecular formula is C19H17N5O3. The van der Waals surface area contributed by atoms with Crippen molar-refractivity contribution in [3.8, 4) is 23.1 Å². The van der Waals surface area contributed by atoms with E-state index in [0.29, 0.717) is 23.9 Å². The monoisotopic (exact) mass is 363 g/mol. The third-order valence-electron chi connectivity index (χ3n) is 4.61. The van der Waals surface area contributed by atoms with Crippen molar-refractivity contribution in [3.63, 3.8) is 0 Å². The van der Waals surface area contributed by atoms with E-state index in [1.807, 2.05) is 44.2 Å². The maximum Gasteiger partial charge on any atom is 0.255 e. The van der Waals surface area contributed by atoms with Crippen molar-refractivity contribution >= 4 is 11.6 Å². The fourth-order valence-electron chi connectivity index (χ4n) is 3.04. The van der Waals surface area contributed by atoms with Crippen LogP contribution in [0.2, 0.25) is 0 Å². The van der Waals surface area contributed by atoms with Crippen LogP contribution in [-0.2, 0) is 6.54 Å². The highest BCUT2D eigenvalue weighted by Gasteiger charge is 2.17. The first kappa shape index (κ1) is 15.7. The van der Waals surface area contributed by atoms with E-state index >= 15 is 0 Å². The number of nitrogens with zero attached hydrogens (tertiary/aromatic N) is 4. The number of ether oxygens (including phenoxy) is 2. The first-order valence-electron chi connectivity index (χ1n) is 8.59. The van der Waals surface area contributed by atoms with Gasteiger partial charge in [0.25, 0.3) is 5.78 Å². The molecule has 0 unspecified atom stereocenters. The van der Waals surface area contributed by atoms with Gasteiger partial charge in [-0.25, -0.2) is 4.98 Å². The van der Waals surface area contributed by atoms with Crippen LogP contribution >= 0.6 is 0 Å². The summed E-state index contributed by atoms with van der Waals surface area (Å²) in [5.41, 5.74) is 2.99. The molecule has 5 rings (SSSR count). The number of hydrogen-bond donors (Lipinski definition) is 1. The molecule has 1 aliphatic heterocycles. The summed E-state index contributed by atoms with van der Waals surface area (Å²) in [5, 5.41) is 8.03. The maximum atomic E-state index is 5.45. The molecular weight excluding hydrogens is 346 g/mol. The number of benzene rings is 1. The first-order valence-corrected chi connectivity index (χ1v) is 8.59. The van der Waals surface area contributed by atoms with Gasteiger partial charge in [0.05, 0.1) is 6.26 Å². The third kappa shape index (κ3) is 2.66. The number of hydrogen-bond acceptors (Lipinski definition) is 7. The molecule has 27 heavy (non-hydrogen) atoms. The Hall–Kier alpha value is -3.55. The maximum absolute atomic E-state index is 5.45. The largest absolute Gasteiger partial charge is 0.461 e. The van der Waals surface area contributed by atoms with Crippen molar-refractivity contribution in [3.05, 3.63) is 53.4 Å². The second kappa shape index (κ2) is 6.01. The van der Waals surface area contributed by atoms with Crippen molar-refractivity contribution in [2.45, 2.75) is 20.4 Å². The van der Waals surface area contributed by atoms with Gasteiger partial charge in [-0.3, -0.25) is 0 Å². The van der Waals surface area contributed by atoms with Gasteiger partial charge >= 0.3 is 0 Å². The normalized spacial score (nSPS) is 12.7. The Morgan fingerprint density at radius 3 is 2.85 bits per heavy atom. The lowest BCUT2D eigenvalue weighted by Crippen LogP contribution is -2.09. The molecule has 0 saturated carbocycles. The highest BCUT2D eigenvalue weighted by molar-refractivity contribution is 5.57. The average molecular weight is 363 g/mol. The molecule has 0 saturated heterocycles. The SMILES string of the molecule is Cc1nc2nc(-c3ccco3)nn2c(NCc2ccc3c(c2)OCO3)c1C. The summed E-state index contributed by atoms with van der Waals surface area (Å²) in [6.45, 7) is 4.84. The van der Waals surface area contributed by atoms with Crippen LogP contribution in [0, 0.1) is 13.8 Å². The molecule has 0 bridgehead atoms. The molecule has 0 fully saturated rings. The number of furan rings is 1. The van der Waals surface area contributed by atoms with E-state index in [4.69, 9.17) is 13.9 Å². The molecule has 0 aliphatic carbocycles. The van der Waals surface area contributed by atoms with Crippen LogP contribution in [-0.4, -0.2) is 26.4 Å². The Bertz CT molecular complexity index is 1130. The zero-order chi connectivity index (χ0) is 18.4. The van der Waals surface area contributed by atoms with Crippen molar-refractivity contribution < 1.29 is 13.9 Å². The van der Waals surface area contributed by atoms with Crippen LogP contribution in [0.1, 0.15) is 16.8 Å². The summed E-state index contributed by atoms with van der Waals surface area (Å²) in [6, 6.07) is 9.55. The number of aromatic nitrogens is 4. The van der Waals surface area contributed by atoms with Gasteiger partial charge in [-0.2, -0.15) is 9.50 Å². The van der Waals surface area contributed by atoms with Crippen molar-refractivity contribution in [1.82, 2.24) is 19.6 Å². The molecule has 0 amide bonds. The minimum absolute atomic E-state index is 0.268. The quantitative estimate of drug-likeness (QED) is 0.595. The van der Waals surface area contributed by atoms with Gasteiger partial charge in [0.2, 0.25) is 12.6 Å². The molecule has 8 heteroatoms. The summed E-state index contributed by atoms with van der Waals surface area (Å²) in [7, 11) is 0. The van der Waals surface area contributed by atoms with Gasteiger partial charge < -0.3 is 19.2 Å². The van der Waals surface area contributed by atoms with Crippen molar-refractivity contribution in [2.24, 2.45) is 0 Å². The van der Waals surface area contributed by atoms with Gasteiger partial charge in [-0.15, -0.1) is 5.10 Å². The summed E-state index contributed by atoms with van der Waals surface area (Å²) >= 11 is 0. The highest BCUT2D eigenvalue weighted by Crippen LogP contribution is 2.33. The fraction of sp³-hybridized carbons (Fsp3) is 0.211. The number of nitrogens with one attached hydrogen (secondary N) is 1. The Balaban J connectivity index is 1.50. The van der Waals surface area contributed by atoms with Gasteiger partial charge in [-0.1, -0.05) is 6.07 Å². The number of fused-ring (bicyclic) bond motifs is 2. The third-order valence-corrected chi connectivity index (χ3v) is 4.61. The van der Waals surface area contributed by atoms with Crippen LogP contribution in [0.15, 0.2) is 41.0 Å². The van der Waals surface area contributed by atoms with E-state index in [2.05, 4.69) is 20.4 Å². The Labute approximate surface area is 154 Å². The molecule has 0 radical (unpaired) electrons. The van der Waals surface area contributed by atoms with Crippen LogP contribution < -0.4 is 14.8 Å². The molecule has 8 nitrogen and oxygen atoms in total. The average Bonchev–Trinajstić information content (AvgIpc) is 3.41. The lowest BCUT2D eigenvalue weighted by molar-refractivity contribution is 0.174. The van der Waals surface area contributed by atoms with Gasteiger partial charge in [0.1, 0.15) is 5.82 Å². The molecule has 4 aromatic rings. The van der Waals surface area contributed by atoms with Crippen molar-refractivity contribution in [1.29, 1.82) is 0 Å².